The van der Waals surface area contributed by atoms with Gasteiger partial charge in [-0.2, -0.15) is 0 Å². The highest BCUT2D eigenvalue weighted by Crippen LogP contribution is 2.16. The average molecular weight is 358 g/mol. The molecule has 6 nitrogen and oxygen atoms in total. The molecule has 2 heterocycles. The average Bonchev–Trinajstić information content (AvgIpc) is 2.59. The van der Waals surface area contributed by atoms with Gasteiger partial charge in [-0.1, -0.05) is 12.1 Å². The summed E-state index contributed by atoms with van der Waals surface area (Å²) in [5.41, 5.74) is 2.79. The number of rotatable bonds is 7. The molecule has 0 radical (unpaired) electrons. The number of hydrogen-bond acceptors (Lipinski definition) is 5. The van der Waals surface area contributed by atoms with E-state index in [9.17, 15) is 4.79 Å². The Balaban J connectivity index is 2.01. The predicted octanol–water partition coefficient (Wildman–Crippen LogP) is 2.10. The van der Waals surface area contributed by atoms with E-state index in [4.69, 9.17) is 17.0 Å². The lowest BCUT2D eigenvalue weighted by molar-refractivity contribution is -0.140. The number of hydrogen-bond donors (Lipinski definition) is 2. The molecule has 0 bridgehead atoms. The number of aryl methyl sites for hydroxylation is 1. The molecule has 1 unspecified atom stereocenters. The second kappa shape index (κ2) is 9.68. The molecule has 7 heteroatoms. The maximum Gasteiger partial charge on any atom is 0.302 e. The molecule has 2 N–H and O–H groups in total. The van der Waals surface area contributed by atoms with E-state index >= 15 is 0 Å². The minimum Gasteiger partial charge on any atom is -0.464 e. The third-order valence-electron chi connectivity index (χ3n) is 3.40. The number of carbonyl (C=O) groups excluding carboxylic acids is 1. The Morgan fingerprint density at radius 1 is 1.28 bits per heavy atom. The summed E-state index contributed by atoms with van der Waals surface area (Å²) in [6.07, 6.45) is 2.43. The first-order chi connectivity index (χ1) is 12.0. The Kier molecular flexibility index (Phi) is 7.28. The highest BCUT2D eigenvalue weighted by atomic mass is 32.1. The van der Waals surface area contributed by atoms with E-state index in [1.807, 2.05) is 43.3 Å². The van der Waals surface area contributed by atoms with Crippen molar-refractivity contribution in [3.63, 3.8) is 0 Å². The van der Waals surface area contributed by atoms with Crippen LogP contribution in [-0.2, 0) is 16.0 Å². The summed E-state index contributed by atoms with van der Waals surface area (Å²) in [6.45, 7) is 4.05. The second-order valence-corrected chi connectivity index (χ2v) is 5.93. The van der Waals surface area contributed by atoms with E-state index in [0.29, 0.717) is 18.1 Å². The first-order valence-corrected chi connectivity index (χ1v) is 8.46. The van der Waals surface area contributed by atoms with Gasteiger partial charge in [0.1, 0.15) is 6.61 Å². The highest BCUT2D eigenvalue weighted by Gasteiger charge is 2.16. The van der Waals surface area contributed by atoms with Gasteiger partial charge < -0.3 is 15.4 Å². The lowest BCUT2D eigenvalue weighted by atomic mass is 10.1. The zero-order chi connectivity index (χ0) is 18.1. The lowest BCUT2D eigenvalue weighted by Gasteiger charge is -2.20. The largest absolute Gasteiger partial charge is 0.464 e. The molecule has 0 aliphatic heterocycles. The topological polar surface area (TPSA) is 76.1 Å². The van der Waals surface area contributed by atoms with Crippen molar-refractivity contribution in [2.24, 2.45) is 0 Å². The molecule has 0 spiro atoms. The van der Waals surface area contributed by atoms with E-state index in [1.165, 1.54) is 6.92 Å². The summed E-state index contributed by atoms with van der Waals surface area (Å²) in [6, 6.07) is 11.6. The van der Waals surface area contributed by atoms with Gasteiger partial charge in [-0.05, 0) is 43.4 Å². The molecular weight excluding hydrogens is 336 g/mol. The van der Waals surface area contributed by atoms with Crippen LogP contribution >= 0.6 is 12.2 Å². The maximum atomic E-state index is 10.8. The van der Waals surface area contributed by atoms with Crippen LogP contribution in [0, 0.1) is 6.92 Å². The number of carbonyl (C=O) groups is 1. The number of thiocarbonyl (C=S) groups is 1. The van der Waals surface area contributed by atoms with Gasteiger partial charge in [0.15, 0.2) is 5.11 Å². The number of nitrogens with one attached hydrogen (secondary N) is 2. The molecule has 1 atom stereocenters. The van der Waals surface area contributed by atoms with Crippen LogP contribution in [-0.4, -0.2) is 34.2 Å². The number of ether oxygens (including phenoxy) is 1. The molecule has 2 rings (SSSR count). The Bertz CT molecular complexity index is 709. The third-order valence-corrected chi connectivity index (χ3v) is 3.67. The molecule has 2 aromatic rings. The highest BCUT2D eigenvalue weighted by molar-refractivity contribution is 7.80. The molecule has 0 amide bonds. The third kappa shape index (κ3) is 6.84. The minimum atomic E-state index is -0.308. The molecule has 0 fully saturated rings. The van der Waals surface area contributed by atoms with Crippen LogP contribution < -0.4 is 10.6 Å². The van der Waals surface area contributed by atoms with Crippen molar-refractivity contribution in [3.05, 3.63) is 59.7 Å². The fourth-order valence-electron chi connectivity index (χ4n) is 2.28. The molecule has 25 heavy (non-hydrogen) atoms. The van der Waals surface area contributed by atoms with Crippen molar-refractivity contribution in [2.75, 3.05) is 13.2 Å². The first-order valence-electron chi connectivity index (χ1n) is 8.06. The molecule has 0 aliphatic carbocycles. The fourth-order valence-corrected chi connectivity index (χ4v) is 2.53. The Morgan fingerprint density at radius 2 is 2.12 bits per heavy atom. The van der Waals surface area contributed by atoms with Crippen LogP contribution in [0.3, 0.4) is 0 Å². The van der Waals surface area contributed by atoms with E-state index in [2.05, 4.69) is 20.6 Å². The quantitative estimate of drug-likeness (QED) is 0.446. The van der Waals surface area contributed by atoms with Gasteiger partial charge in [-0.3, -0.25) is 14.8 Å². The van der Waals surface area contributed by atoms with Crippen molar-refractivity contribution in [1.82, 2.24) is 20.6 Å². The SMILES string of the molecule is CC(=O)OCCNC(=S)NC(Cc1ccccn1)c1cccc(C)n1. The summed E-state index contributed by atoms with van der Waals surface area (Å²) in [4.78, 5) is 19.7. The van der Waals surface area contributed by atoms with E-state index < -0.39 is 0 Å². The number of aromatic nitrogens is 2. The van der Waals surface area contributed by atoms with Gasteiger partial charge in [0.25, 0.3) is 0 Å². The van der Waals surface area contributed by atoms with Crippen molar-refractivity contribution < 1.29 is 9.53 Å². The van der Waals surface area contributed by atoms with Crippen LogP contribution in [0.5, 0.6) is 0 Å². The Labute approximate surface area is 153 Å². The van der Waals surface area contributed by atoms with Crippen LogP contribution in [0.2, 0.25) is 0 Å². The molecule has 2 aromatic heterocycles. The van der Waals surface area contributed by atoms with Gasteiger partial charge in [0, 0.05) is 30.9 Å². The Morgan fingerprint density at radius 3 is 2.80 bits per heavy atom. The number of nitrogens with zero attached hydrogens (tertiary/aromatic N) is 2. The molecular formula is C18H22N4O2S. The second-order valence-electron chi connectivity index (χ2n) is 5.52. The fraction of sp³-hybridized carbons (Fsp3) is 0.333. The van der Waals surface area contributed by atoms with Crippen molar-refractivity contribution in [1.29, 1.82) is 0 Å². The van der Waals surface area contributed by atoms with Gasteiger partial charge in [0.2, 0.25) is 0 Å². The van der Waals surface area contributed by atoms with Gasteiger partial charge in [-0.15, -0.1) is 0 Å². The zero-order valence-electron chi connectivity index (χ0n) is 14.4. The van der Waals surface area contributed by atoms with Gasteiger partial charge in [0.05, 0.1) is 18.3 Å². The maximum absolute atomic E-state index is 10.8. The predicted molar refractivity (Wildman–Crippen MR) is 100 cm³/mol. The zero-order valence-corrected chi connectivity index (χ0v) is 15.2. The van der Waals surface area contributed by atoms with Crippen molar-refractivity contribution >= 4 is 23.3 Å². The minimum absolute atomic E-state index is 0.108. The van der Waals surface area contributed by atoms with Crippen molar-refractivity contribution in [2.45, 2.75) is 26.3 Å². The normalized spacial score (nSPS) is 11.4. The van der Waals surface area contributed by atoms with E-state index in [0.717, 1.165) is 17.1 Å². The van der Waals surface area contributed by atoms with E-state index in [1.54, 1.807) is 6.20 Å². The summed E-state index contributed by atoms with van der Waals surface area (Å²) < 4.78 is 4.88. The molecule has 0 aromatic carbocycles. The smallest absolute Gasteiger partial charge is 0.302 e. The standard InChI is InChI=1S/C18H22N4O2S/c1-13-6-5-8-16(21-13)17(12-15-7-3-4-9-19-15)22-18(25)20-10-11-24-14(2)23/h3-9,17H,10-12H2,1-2H3,(H2,20,22,25). The summed E-state index contributed by atoms with van der Waals surface area (Å²) >= 11 is 5.35. The number of pyridine rings is 2. The Hall–Kier alpha value is -2.54. The van der Waals surface area contributed by atoms with Crippen LogP contribution in [0.15, 0.2) is 42.6 Å². The molecule has 0 saturated heterocycles. The van der Waals surface area contributed by atoms with Crippen LogP contribution in [0.25, 0.3) is 0 Å². The van der Waals surface area contributed by atoms with Crippen LogP contribution in [0.4, 0.5) is 0 Å². The molecule has 0 aliphatic rings. The van der Waals surface area contributed by atoms with Gasteiger partial charge in [-0.25, -0.2) is 0 Å². The molecule has 0 saturated carbocycles. The van der Waals surface area contributed by atoms with Crippen LogP contribution in [0.1, 0.15) is 30.0 Å². The number of esters is 1. The molecule has 132 valence electrons. The van der Waals surface area contributed by atoms with E-state index in [-0.39, 0.29) is 18.6 Å². The summed E-state index contributed by atoms with van der Waals surface area (Å²) in [5.74, 6) is -0.308. The lowest BCUT2D eigenvalue weighted by Crippen LogP contribution is -2.40. The van der Waals surface area contributed by atoms with Crippen molar-refractivity contribution in [3.8, 4) is 0 Å². The first kappa shape index (κ1) is 18.8. The monoisotopic (exact) mass is 358 g/mol. The van der Waals surface area contributed by atoms with Gasteiger partial charge >= 0.3 is 5.97 Å². The summed E-state index contributed by atoms with van der Waals surface area (Å²) in [7, 11) is 0. The summed E-state index contributed by atoms with van der Waals surface area (Å²) in [5, 5.41) is 6.79.